The highest BCUT2D eigenvalue weighted by Gasteiger charge is 2.57. The largest absolute Gasteiger partial charge is 0.468 e. The van der Waals surface area contributed by atoms with Gasteiger partial charge in [-0.25, -0.2) is 8.78 Å². The molecule has 0 aromatic carbocycles. The Morgan fingerprint density at radius 3 is 2.33 bits per heavy atom. The van der Waals surface area contributed by atoms with Crippen LogP contribution in [0.15, 0.2) is 0 Å². The summed E-state index contributed by atoms with van der Waals surface area (Å²) in [7, 11) is 1.04. The fourth-order valence-corrected chi connectivity index (χ4v) is 1.24. The number of alkyl halides is 2. The Morgan fingerprint density at radius 1 is 1.58 bits per heavy atom. The lowest BCUT2D eigenvalue weighted by molar-refractivity contribution is -0.177. The zero-order valence-electron chi connectivity index (χ0n) is 6.47. The number of halogens is 2. The highest BCUT2D eigenvalue weighted by molar-refractivity contribution is 5.97. The number of hydrogen-bond donors (Lipinski definition) is 0. The van der Waals surface area contributed by atoms with Crippen molar-refractivity contribution in [3.05, 3.63) is 0 Å². The maximum Gasteiger partial charge on any atom is 0.318 e. The first kappa shape index (κ1) is 9.09. The summed E-state index contributed by atoms with van der Waals surface area (Å²) in [6, 6.07) is 0. The second-order valence-electron chi connectivity index (χ2n) is 2.84. The Labute approximate surface area is 67.7 Å². The van der Waals surface area contributed by atoms with Crippen molar-refractivity contribution >= 4 is 11.8 Å². The van der Waals surface area contributed by atoms with Crippen molar-refractivity contribution in [1.29, 1.82) is 0 Å². The molecular weight excluding hydrogens is 170 g/mol. The zero-order valence-corrected chi connectivity index (χ0v) is 6.47. The monoisotopic (exact) mass is 178 g/mol. The van der Waals surface area contributed by atoms with E-state index in [1.165, 1.54) is 0 Å². The smallest absolute Gasteiger partial charge is 0.318 e. The van der Waals surface area contributed by atoms with Gasteiger partial charge >= 0.3 is 5.97 Å². The first-order valence-corrected chi connectivity index (χ1v) is 3.41. The van der Waals surface area contributed by atoms with E-state index in [1.807, 2.05) is 0 Å². The Balaban J connectivity index is 2.76. The number of esters is 1. The third kappa shape index (κ3) is 1.09. The molecule has 5 heteroatoms. The average molecular weight is 178 g/mol. The first-order chi connectivity index (χ1) is 5.53. The van der Waals surface area contributed by atoms with Gasteiger partial charge in [0, 0.05) is 12.8 Å². The molecule has 0 N–H and O–H groups in total. The average Bonchev–Trinajstić information content (AvgIpc) is 1.96. The van der Waals surface area contributed by atoms with Crippen molar-refractivity contribution in [3.63, 3.8) is 0 Å². The minimum absolute atomic E-state index is 0.319. The third-order valence-corrected chi connectivity index (χ3v) is 2.03. The van der Waals surface area contributed by atoms with E-state index in [-0.39, 0.29) is 5.78 Å². The van der Waals surface area contributed by atoms with E-state index < -0.39 is 30.7 Å². The van der Waals surface area contributed by atoms with Gasteiger partial charge in [-0.3, -0.25) is 9.59 Å². The number of ether oxygens (including phenoxy) is 1. The van der Waals surface area contributed by atoms with Gasteiger partial charge in [-0.15, -0.1) is 0 Å². The van der Waals surface area contributed by atoms with Crippen LogP contribution in [-0.2, 0) is 14.3 Å². The topological polar surface area (TPSA) is 43.4 Å². The van der Waals surface area contributed by atoms with Gasteiger partial charge in [0.15, 0.2) is 0 Å². The van der Waals surface area contributed by atoms with E-state index in [1.54, 1.807) is 0 Å². The molecule has 0 spiro atoms. The number of hydrogen-bond acceptors (Lipinski definition) is 3. The summed E-state index contributed by atoms with van der Waals surface area (Å²) >= 11 is 0. The number of carbonyl (C=O) groups excluding carboxylic acids is 2. The van der Waals surface area contributed by atoms with Gasteiger partial charge in [0.2, 0.25) is 0 Å². The van der Waals surface area contributed by atoms with Crippen molar-refractivity contribution < 1.29 is 23.1 Å². The number of methoxy groups -OCH3 is 1. The summed E-state index contributed by atoms with van der Waals surface area (Å²) in [4.78, 5) is 21.3. The van der Waals surface area contributed by atoms with Gasteiger partial charge < -0.3 is 4.74 Å². The molecule has 1 aliphatic carbocycles. The van der Waals surface area contributed by atoms with Gasteiger partial charge in [-0.2, -0.15) is 0 Å². The Morgan fingerprint density at radius 2 is 2.08 bits per heavy atom. The molecule has 3 nitrogen and oxygen atoms in total. The molecule has 0 aromatic heterocycles. The third-order valence-electron chi connectivity index (χ3n) is 2.03. The molecule has 68 valence electrons. The Kier molecular flexibility index (Phi) is 2.12. The molecular formula is C7H8F2O3. The summed E-state index contributed by atoms with van der Waals surface area (Å²) in [5.74, 6) is -1.31. The van der Waals surface area contributed by atoms with Crippen LogP contribution in [0.4, 0.5) is 8.78 Å². The van der Waals surface area contributed by atoms with Crippen molar-refractivity contribution in [2.45, 2.75) is 19.3 Å². The number of ketones is 1. The number of Topliss-reactive ketones (excluding diaryl/α,β-unsaturated/α-hetero) is 1. The number of rotatable bonds is 2. The first-order valence-electron chi connectivity index (χ1n) is 3.41. The normalized spacial score (nSPS) is 20.5. The second-order valence-corrected chi connectivity index (χ2v) is 2.84. The van der Waals surface area contributed by atoms with Crippen LogP contribution in [0.5, 0.6) is 0 Å². The van der Waals surface area contributed by atoms with Crippen LogP contribution in [0.25, 0.3) is 0 Å². The lowest BCUT2D eigenvalue weighted by Gasteiger charge is -2.36. The SMILES string of the molecule is COC(=O)C1(C(F)F)CC(=O)C1. The Bertz CT molecular complexity index is 217. The van der Waals surface area contributed by atoms with E-state index in [9.17, 15) is 18.4 Å². The predicted octanol–water partition coefficient (Wildman–Crippen LogP) is 0.774. The Hall–Kier alpha value is -1.00. The van der Waals surface area contributed by atoms with E-state index in [4.69, 9.17) is 0 Å². The predicted molar refractivity (Wildman–Crippen MR) is 34.7 cm³/mol. The fourth-order valence-electron chi connectivity index (χ4n) is 1.24. The van der Waals surface area contributed by atoms with Gasteiger partial charge in [-0.1, -0.05) is 0 Å². The van der Waals surface area contributed by atoms with Gasteiger partial charge in [0.25, 0.3) is 6.43 Å². The summed E-state index contributed by atoms with van der Waals surface area (Å²) < 4.78 is 28.8. The molecule has 0 amide bonds. The minimum Gasteiger partial charge on any atom is -0.468 e. The van der Waals surface area contributed by atoms with E-state index in [0.717, 1.165) is 7.11 Å². The van der Waals surface area contributed by atoms with Crippen molar-refractivity contribution in [2.75, 3.05) is 7.11 Å². The molecule has 12 heavy (non-hydrogen) atoms. The molecule has 0 aromatic rings. The molecule has 0 radical (unpaired) electrons. The highest BCUT2D eigenvalue weighted by atomic mass is 19.3. The van der Waals surface area contributed by atoms with E-state index >= 15 is 0 Å². The van der Waals surface area contributed by atoms with E-state index in [0.29, 0.717) is 0 Å². The summed E-state index contributed by atoms with van der Waals surface area (Å²) in [6.07, 6.45) is -3.60. The molecule has 1 aliphatic rings. The molecule has 0 atom stereocenters. The van der Waals surface area contributed by atoms with Crippen LogP contribution in [0.3, 0.4) is 0 Å². The van der Waals surface area contributed by atoms with Crippen molar-refractivity contribution in [2.24, 2.45) is 5.41 Å². The summed E-state index contributed by atoms with van der Waals surface area (Å²) in [5.41, 5.74) is -1.84. The summed E-state index contributed by atoms with van der Waals surface area (Å²) in [5, 5.41) is 0. The maximum atomic E-state index is 12.3. The molecule has 0 unspecified atom stereocenters. The quantitative estimate of drug-likeness (QED) is 0.586. The van der Waals surface area contributed by atoms with Crippen LogP contribution in [0, 0.1) is 5.41 Å². The highest BCUT2D eigenvalue weighted by Crippen LogP contribution is 2.44. The van der Waals surface area contributed by atoms with E-state index in [2.05, 4.69) is 4.74 Å². The minimum atomic E-state index is -2.82. The number of carbonyl (C=O) groups is 2. The molecule has 0 saturated heterocycles. The lowest BCUT2D eigenvalue weighted by atomic mass is 9.68. The standard InChI is InChI=1S/C7H8F2O3/c1-12-6(11)7(5(8)9)2-4(10)3-7/h5H,2-3H2,1H3. The maximum absolute atomic E-state index is 12.3. The van der Waals surface area contributed by atoms with Crippen LogP contribution >= 0.6 is 0 Å². The van der Waals surface area contributed by atoms with Gasteiger partial charge in [0.1, 0.15) is 11.2 Å². The van der Waals surface area contributed by atoms with Gasteiger partial charge in [0.05, 0.1) is 7.11 Å². The second kappa shape index (κ2) is 2.80. The molecule has 1 fully saturated rings. The molecule has 1 saturated carbocycles. The summed E-state index contributed by atoms with van der Waals surface area (Å²) in [6.45, 7) is 0. The van der Waals surface area contributed by atoms with Crippen LogP contribution < -0.4 is 0 Å². The zero-order chi connectivity index (χ0) is 9.35. The lowest BCUT2D eigenvalue weighted by Crippen LogP contribution is -2.50. The molecule has 1 rings (SSSR count). The fraction of sp³-hybridized carbons (Fsp3) is 0.714. The van der Waals surface area contributed by atoms with Crippen molar-refractivity contribution in [1.82, 2.24) is 0 Å². The van der Waals surface area contributed by atoms with Gasteiger partial charge in [-0.05, 0) is 0 Å². The molecule has 0 bridgehead atoms. The van der Waals surface area contributed by atoms with Crippen LogP contribution in [0.1, 0.15) is 12.8 Å². The van der Waals surface area contributed by atoms with Crippen LogP contribution in [0.2, 0.25) is 0 Å². The van der Waals surface area contributed by atoms with Crippen LogP contribution in [-0.4, -0.2) is 25.3 Å². The molecule has 0 heterocycles. The molecule has 0 aliphatic heterocycles. The van der Waals surface area contributed by atoms with Crippen molar-refractivity contribution in [3.8, 4) is 0 Å².